The van der Waals surface area contributed by atoms with Crippen LogP contribution in [0.3, 0.4) is 0 Å². The third kappa shape index (κ3) is 2.15. The Kier molecular flexibility index (Phi) is 3.13. The van der Waals surface area contributed by atoms with Crippen LogP contribution in [-0.4, -0.2) is 45.1 Å². The van der Waals surface area contributed by atoms with E-state index in [4.69, 9.17) is 11.5 Å². The lowest BCUT2D eigenvalue weighted by atomic mass is 10.0. The second kappa shape index (κ2) is 4.85. The van der Waals surface area contributed by atoms with Crippen molar-refractivity contribution in [3.8, 4) is 0 Å². The molecule has 2 aliphatic rings. The molecule has 1 aromatic rings. The Labute approximate surface area is 120 Å². The zero-order chi connectivity index (χ0) is 15.1. The van der Waals surface area contributed by atoms with Gasteiger partial charge >= 0.3 is 6.03 Å². The molecule has 9 heteroatoms. The number of hydrogen-bond donors (Lipinski definition) is 3. The van der Waals surface area contributed by atoms with Crippen LogP contribution in [0.1, 0.15) is 28.2 Å². The van der Waals surface area contributed by atoms with Crippen molar-refractivity contribution in [3.63, 3.8) is 0 Å². The summed E-state index contributed by atoms with van der Waals surface area (Å²) in [6, 6.07) is -1.21. The van der Waals surface area contributed by atoms with E-state index < -0.39 is 23.9 Å². The van der Waals surface area contributed by atoms with Gasteiger partial charge in [0.25, 0.3) is 5.91 Å². The standard InChI is InChI=1S/C12H16N6O3/c13-10(19)7-2-4-18-8(5-15-7)9-6(16-18)1-3-17(11(9)20)12(14)21/h7,15H,1-5H2,(H2,13,19)(H2,14,21). The van der Waals surface area contributed by atoms with E-state index in [0.717, 1.165) is 4.90 Å². The molecule has 21 heavy (non-hydrogen) atoms. The molecule has 0 spiro atoms. The fourth-order valence-corrected chi connectivity index (χ4v) is 2.82. The summed E-state index contributed by atoms with van der Waals surface area (Å²) in [5.74, 6) is -0.857. The molecule has 0 saturated heterocycles. The highest BCUT2D eigenvalue weighted by Crippen LogP contribution is 2.24. The van der Waals surface area contributed by atoms with Crippen molar-refractivity contribution in [1.29, 1.82) is 0 Å². The SMILES string of the molecule is NC(=O)C1CCn2nc3c(c2CN1)C(=O)N(C(N)=O)CC3. The number of nitrogens with zero attached hydrogens (tertiary/aromatic N) is 3. The molecule has 9 nitrogen and oxygen atoms in total. The van der Waals surface area contributed by atoms with Crippen molar-refractivity contribution in [2.75, 3.05) is 6.54 Å². The highest BCUT2D eigenvalue weighted by atomic mass is 16.2. The van der Waals surface area contributed by atoms with Crippen LogP contribution in [0.5, 0.6) is 0 Å². The number of aryl methyl sites for hydroxylation is 1. The van der Waals surface area contributed by atoms with Crippen LogP contribution in [0.25, 0.3) is 0 Å². The van der Waals surface area contributed by atoms with E-state index in [0.29, 0.717) is 42.9 Å². The summed E-state index contributed by atoms with van der Waals surface area (Å²) < 4.78 is 1.71. The Hall–Kier alpha value is -2.42. The number of carbonyl (C=O) groups is 3. The van der Waals surface area contributed by atoms with Gasteiger partial charge in [-0.1, -0.05) is 0 Å². The minimum atomic E-state index is -0.762. The minimum absolute atomic E-state index is 0.245. The maximum atomic E-state index is 12.4. The Morgan fingerprint density at radius 3 is 2.71 bits per heavy atom. The second-order valence-corrected chi connectivity index (χ2v) is 5.16. The molecule has 4 amide bonds. The molecule has 1 aromatic heterocycles. The van der Waals surface area contributed by atoms with Gasteiger partial charge in [0.05, 0.1) is 23.0 Å². The van der Waals surface area contributed by atoms with Gasteiger partial charge in [-0.25, -0.2) is 4.79 Å². The summed E-state index contributed by atoms with van der Waals surface area (Å²) in [7, 11) is 0. The van der Waals surface area contributed by atoms with Crippen LogP contribution in [0.2, 0.25) is 0 Å². The van der Waals surface area contributed by atoms with Gasteiger partial charge in [-0.05, 0) is 6.42 Å². The molecule has 2 aliphatic heterocycles. The van der Waals surface area contributed by atoms with Gasteiger partial charge in [0.2, 0.25) is 5.91 Å². The molecular weight excluding hydrogens is 276 g/mol. The average molecular weight is 292 g/mol. The van der Waals surface area contributed by atoms with Crippen molar-refractivity contribution in [2.45, 2.75) is 32.0 Å². The molecule has 0 bridgehead atoms. The molecule has 0 aromatic carbocycles. The number of rotatable bonds is 1. The first-order valence-corrected chi connectivity index (χ1v) is 6.71. The lowest BCUT2D eigenvalue weighted by Gasteiger charge is -2.23. The van der Waals surface area contributed by atoms with Crippen molar-refractivity contribution >= 4 is 17.8 Å². The molecule has 5 N–H and O–H groups in total. The highest BCUT2D eigenvalue weighted by molar-refractivity contribution is 6.06. The van der Waals surface area contributed by atoms with Crippen LogP contribution in [0, 0.1) is 0 Å². The molecule has 0 radical (unpaired) electrons. The third-order valence-corrected chi connectivity index (χ3v) is 3.92. The van der Waals surface area contributed by atoms with Gasteiger partial charge in [-0.2, -0.15) is 5.10 Å². The summed E-state index contributed by atoms with van der Waals surface area (Å²) >= 11 is 0. The molecule has 0 aliphatic carbocycles. The Morgan fingerprint density at radius 2 is 2.05 bits per heavy atom. The van der Waals surface area contributed by atoms with Crippen LogP contribution < -0.4 is 16.8 Å². The first kappa shape index (κ1) is 13.6. The van der Waals surface area contributed by atoms with Crippen molar-refractivity contribution < 1.29 is 14.4 Å². The number of fused-ring (bicyclic) bond motifs is 3. The molecule has 1 unspecified atom stereocenters. The first-order chi connectivity index (χ1) is 9.99. The number of amides is 4. The van der Waals surface area contributed by atoms with Crippen LogP contribution in [-0.2, 0) is 24.3 Å². The lowest BCUT2D eigenvalue weighted by molar-refractivity contribution is -0.120. The quantitative estimate of drug-likeness (QED) is 0.567. The Morgan fingerprint density at radius 1 is 1.29 bits per heavy atom. The number of primary amides is 2. The molecule has 3 heterocycles. The molecule has 0 saturated carbocycles. The van der Waals surface area contributed by atoms with E-state index in [-0.39, 0.29) is 6.54 Å². The number of urea groups is 1. The zero-order valence-corrected chi connectivity index (χ0v) is 11.3. The lowest BCUT2D eigenvalue weighted by Crippen LogP contribution is -2.45. The number of imide groups is 1. The fourth-order valence-electron chi connectivity index (χ4n) is 2.82. The summed E-state index contributed by atoms with van der Waals surface area (Å²) in [6.45, 7) is 1.04. The number of nitrogens with one attached hydrogen (secondary N) is 1. The van der Waals surface area contributed by atoms with E-state index in [2.05, 4.69) is 10.4 Å². The van der Waals surface area contributed by atoms with Gasteiger partial charge in [0.1, 0.15) is 0 Å². The Bertz CT molecular complexity index is 637. The number of nitrogens with two attached hydrogens (primary N) is 2. The largest absolute Gasteiger partial charge is 0.368 e. The number of aromatic nitrogens is 2. The van der Waals surface area contributed by atoms with Gasteiger partial charge in [-0.3, -0.25) is 19.2 Å². The highest BCUT2D eigenvalue weighted by Gasteiger charge is 2.35. The van der Waals surface area contributed by atoms with Crippen LogP contribution in [0.4, 0.5) is 4.79 Å². The molecule has 0 fully saturated rings. The summed E-state index contributed by atoms with van der Waals surface area (Å²) in [4.78, 5) is 36.0. The Balaban J connectivity index is 1.95. The van der Waals surface area contributed by atoms with E-state index in [1.807, 2.05) is 0 Å². The summed E-state index contributed by atoms with van der Waals surface area (Å²) in [5.41, 5.74) is 12.3. The maximum absolute atomic E-state index is 12.4. The zero-order valence-electron chi connectivity index (χ0n) is 11.3. The maximum Gasteiger partial charge on any atom is 0.321 e. The summed E-state index contributed by atoms with van der Waals surface area (Å²) in [6.07, 6.45) is 1.000. The van der Waals surface area contributed by atoms with E-state index in [1.165, 1.54) is 0 Å². The number of carbonyl (C=O) groups excluding carboxylic acids is 3. The monoisotopic (exact) mass is 292 g/mol. The smallest absolute Gasteiger partial charge is 0.321 e. The molecule has 112 valence electrons. The van der Waals surface area contributed by atoms with Gasteiger partial charge < -0.3 is 16.8 Å². The second-order valence-electron chi connectivity index (χ2n) is 5.16. The minimum Gasteiger partial charge on any atom is -0.368 e. The average Bonchev–Trinajstić information content (AvgIpc) is 2.64. The van der Waals surface area contributed by atoms with Crippen molar-refractivity contribution in [2.24, 2.45) is 11.5 Å². The van der Waals surface area contributed by atoms with Gasteiger partial charge in [0, 0.05) is 26.1 Å². The molecular formula is C12H16N6O3. The van der Waals surface area contributed by atoms with Crippen LogP contribution >= 0.6 is 0 Å². The number of hydrogen-bond acceptors (Lipinski definition) is 5. The van der Waals surface area contributed by atoms with E-state index >= 15 is 0 Å². The predicted molar refractivity (Wildman–Crippen MR) is 71.0 cm³/mol. The molecule has 1 atom stereocenters. The molecule has 3 rings (SSSR count). The van der Waals surface area contributed by atoms with Gasteiger partial charge in [0.15, 0.2) is 0 Å². The first-order valence-electron chi connectivity index (χ1n) is 6.71. The van der Waals surface area contributed by atoms with Crippen molar-refractivity contribution in [3.05, 3.63) is 17.0 Å². The van der Waals surface area contributed by atoms with Gasteiger partial charge in [-0.15, -0.1) is 0 Å². The van der Waals surface area contributed by atoms with E-state index in [9.17, 15) is 14.4 Å². The van der Waals surface area contributed by atoms with E-state index in [1.54, 1.807) is 4.68 Å². The fraction of sp³-hybridized carbons (Fsp3) is 0.500. The third-order valence-electron chi connectivity index (χ3n) is 3.92. The predicted octanol–water partition coefficient (Wildman–Crippen LogP) is -1.69. The topological polar surface area (TPSA) is 136 Å². The van der Waals surface area contributed by atoms with Crippen molar-refractivity contribution in [1.82, 2.24) is 20.0 Å². The van der Waals surface area contributed by atoms with Crippen LogP contribution in [0.15, 0.2) is 0 Å². The normalized spacial score (nSPS) is 21.4. The summed E-state index contributed by atoms with van der Waals surface area (Å²) in [5, 5.41) is 7.43.